The molecule has 0 radical (unpaired) electrons. The molecular formula is C15H17N3O2. The molecule has 1 aliphatic carbocycles. The largest absolute Gasteiger partial charge is 0.364 e. The van der Waals surface area contributed by atoms with Gasteiger partial charge in [0.1, 0.15) is 6.10 Å². The van der Waals surface area contributed by atoms with Crippen molar-refractivity contribution in [1.82, 2.24) is 10.1 Å². The molecule has 2 N–H and O–H groups in total. The van der Waals surface area contributed by atoms with Gasteiger partial charge in [-0.3, -0.25) is 0 Å². The van der Waals surface area contributed by atoms with Crippen molar-refractivity contribution in [1.29, 1.82) is 0 Å². The first kappa shape index (κ1) is 12.1. The second-order valence-corrected chi connectivity index (χ2v) is 5.51. The van der Waals surface area contributed by atoms with Crippen molar-refractivity contribution in [3.05, 3.63) is 47.1 Å². The Morgan fingerprint density at radius 2 is 2.15 bits per heavy atom. The van der Waals surface area contributed by atoms with Crippen LogP contribution in [0.25, 0.3) is 0 Å². The van der Waals surface area contributed by atoms with E-state index in [4.69, 9.17) is 15.0 Å². The van der Waals surface area contributed by atoms with E-state index in [0.717, 1.165) is 25.1 Å². The number of aromatic nitrogens is 2. The van der Waals surface area contributed by atoms with Crippen molar-refractivity contribution in [2.45, 2.75) is 37.4 Å². The molecule has 5 heteroatoms. The molecule has 1 saturated heterocycles. The first-order valence-electron chi connectivity index (χ1n) is 7.12. The summed E-state index contributed by atoms with van der Waals surface area (Å²) in [4.78, 5) is 4.54. The van der Waals surface area contributed by atoms with Crippen LogP contribution >= 0.6 is 0 Å². The van der Waals surface area contributed by atoms with Gasteiger partial charge in [-0.25, -0.2) is 0 Å². The number of benzene rings is 1. The Morgan fingerprint density at radius 1 is 1.25 bits per heavy atom. The SMILES string of the molecule is NCC1CCC(c2nc(C3Cc4ccccc43)no2)O1. The van der Waals surface area contributed by atoms with Crippen molar-refractivity contribution in [3.63, 3.8) is 0 Å². The number of nitrogens with two attached hydrogens (primary N) is 1. The van der Waals surface area contributed by atoms with Gasteiger partial charge in [0.25, 0.3) is 5.89 Å². The van der Waals surface area contributed by atoms with Crippen LogP contribution in [0.5, 0.6) is 0 Å². The van der Waals surface area contributed by atoms with E-state index in [1.54, 1.807) is 0 Å². The summed E-state index contributed by atoms with van der Waals surface area (Å²) < 4.78 is 11.2. The van der Waals surface area contributed by atoms with Gasteiger partial charge in [-0.2, -0.15) is 4.98 Å². The molecule has 104 valence electrons. The summed E-state index contributed by atoms with van der Waals surface area (Å²) in [7, 11) is 0. The highest BCUT2D eigenvalue weighted by Crippen LogP contribution is 2.39. The first-order valence-corrected chi connectivity index (χ1v) is 7.12. The molecule has 2 aliphatic rings. The maximum Gasteiger partial charge on any atom is 0.255 e. The molecule has 3 atom stereocenters. The number of hydrogen-bond donors (Lipinski definition) is 1. The van der Waals surface area contributed by atoms with Crippen LogP contribution in [0.15, 0.2) is 28.8 Å². The fraction of sp³-hybridized carbons (Fsp3) is 0.467. The number of rotatable bonds is 3. The average Bonchev–Trinajstić information content (AvgIpc) is 3.08. The van der Waals surface area contributed by atoms with Crippen LogP contribution in [-0.2, 0) is 11.2 Å². The normalized spacial score (nSPS) is 28.1. The smallest absolute Gasteiger partial charge is 0.255 e. The zero-order chi connectivity index (χ0) is 13.5. The molecule has 3 unspecified atom stereocenters. The van der Waals surface area contributed by atoms with E-state index in [9.17, 15) is 0 Å². The Labute approximate surface area is 117 Å². The fourth-order valence-electron chi connectivity index (χ4n) is 3.07. The second kappa shape index (κ2) is 4.68. The highest BCUT2D eigenvalue weighted by molar-refractivity contribution is 5.43. The Balaban J connectivity index is 1.53. The molecule has 0 spiro atoms. The summed E-state index contributed by atoms with van der Waals surface area (Å²) in [5.41, 5.74) is 8.31. The minimum Gasteiger partial charge on any atom is -0.364 e. The van der Waals surface area contributed by atoms with Crippen molar-refractivity contribution < 1.29 is 9.26 Å². The average molecular weight is 271 g/mol. The van der Waals surface area contributed by atoms with Crippen LogP contribution < -0.4 is 5.73 Å². The molecule has 2 heterocycles. The molecule has 1 fully saturated rings. The number of nitrogens with zero attached hydrogens (tertiary/aromatic N) is 2. The topological polar surface area (TPSA) is 74.2 Å². The molecule has 4 rings (SSSR count). The Hall–Kier alpha value is -1.72. The van der Waals surface area contributed by atoms with E-state index in [1.807, 2.05) is 0 Å². The van der Waals surface area contributed by atoms with E-state index >= 15 is 0 Å². The van der Waals surface area contributed by atoms with Gasteiger partial charge in [0.15, 0.2) is 5.82 Å². The lowest BCUT2D eigenvalue weighted by molar-refractivity contribution is 0.0307. The number of ether oxygens (including phenoxy) is 1. The molecule has 1 aliphatic heterocycles. The maximum absolute atomic E-state index is 5.79. The molecule has 1 aromatic heterocycles. The van der Waals surface area contributed by atoms with Gasteiger partial charge < -0.3 is 15.0 Å². The monoisotopic (exact) mass is 271 g/mol. The summed E-state index contributed by atoms with van der Waals surface area (Å²) in [5, 5.41) is 4.14. The number of hydrogen-bond acceptors (Lipinski definition) is 5. The Morgan fingerprint density at radius 3 is 2.95 bits per heavy atom. The van der Waals surface area contributed by atoms with Gasteiger partial charge in [0.05, 0.1) is 12.0 Å². The summed E-state index contributed by atoms with van der Waals surface area (Å²) in [6, 6.07) is 8.41. The Kier molecular flexibility index (Phi) is 2.82. The van der Waals surface area contributed by atoms with Gasteiger partial charge in [-0.15, -0.1) is 0 Å². The number of fused-ring (bicyclic) bond motifs is 1. The van der Waals surface area contributed by atoms with Crippen molar-refractivity contribution in [2.24, 2.45) is 5.73 Å². The molecule has 0 saturated carbocycles. The summed E-state index contributed by atoms with van der Waals surface area (Å²) in [6.45, 7) is 0.549. The van der Waals surface area contributed by atoms with Crippen LogP contribution in [-0.4, -0.2) is 22.8 Å². The predicted molar refractivity (Wildman–Crippen MR) is 72.2 cm³/mol. The second-order valence-electron chi connectivity index (χ2n) is 5.51. The lowest BCUT2D eigenvalue weighted by atomic mass is 9.77. The first-order chi connectivity index (χ1) is 9.85. The molecule has 20 heavy (non-hydrogen) atoms. The quantitative estimate of drug-likeness (QED) is 0.923. The molecular weight excluding hydrogens is 254 g/mol. The minimum atomic E-state index is -0.0832. The van der Waals surface area contributed by atoms with Gasteiger partial charge >= 0.3 is 0 Å². The van der Waals surface area contributed by atoms with E-state index < -0.39 is 0 Å². The fourth-order valence-corrected chi connectivity index (χ4v) is 3.07. The van der Waals surface area contributed by atoms with Gasteiger partial charge in [-0.1, -0.05) is 29.4 Å². The van der Waals surface area contributed by atoms with Crippen LogP contribution in [0, 0.1) is 0 Å². The molecule has 5 nitrogen and oxygen atoms in total. The summed E-state index contributed by atoms with van der Waals surface area (Å²) in [6.07, 6.45) is 2.90. The molecule has 0 bridgehead atoms. The van der Waals surface area contributed by atoms with Gasteiger partial charge in [-0.05, 0) is 30.4 Å². The van der Waals surface area contributed by atoms with E-state index in [-0.39, 0.29) is 18.1 Å². The molecule has 0 amide bonds. The molecule has 2 aromatic rings. The third-order valence-corrected chi connectivity index (χ3v) is 4.27. The van der Waals surface area contributed by atoms with Crippen molar-refractivity contribution >= 4 is 0 Å². The van der Waals surface area contributed by atoms with Gasteiger partial charge in [0, 0.05) is 6.54 Å². The van der Waals surface area contributed by atoms with Crippen LogP contribution in [0.3, 0.4) is 0 Å². The van der Waals surface area contributed by atoms with Crippen molar-refractivity contribution in [2.75, 3.05) is 6.54 Å². The Bertz CT molecular complexity index is 625. The van der Waals surface area contributed by atoms with Crippen LogP contribution in [0.4, 0.5) is 0 Å². The van der Waals surface area contributed by atoms with Gasteiger partial charge in [0.2, 0.25) is 0 Å². The lowest BCUT2D eigenvalue weighted by Crippen LogP contribution is -2.19. The van der Waals surface area contributed by atoms with E-state index in [2.05, 4.69) is 34.4 Å². The van der Waals surface area contributed by atoms with E-state index in [0.29, 0.717) is 12.4 Å². The standard InChI is InChI=1S/C15H17N3O2/c16-8-10-5-6-13(19-10)15-17-14(18-20-15)12-7-9-3-1-2-4-11(9)12/h1-4,10,12-13H,5-8,16H2. The minimum absolute atomic E-state index is 0.0832. The third-order valence-electron chi connectivity index (χ3n) is 4.27. The molecule has 1 aromatic carbocycles. The summed E-state index contributed by atoms with van der Waals surface area (Å²) >= 11 is 0. The lowest BCUT2D eigenvalue weighted by Gasteiger charge is -2.27. The van der Waals surface area contributed by atoms with Crippen LogP contribution in [0.1, 0.15) is 47.7 Å². The summed E-state index contributed by atoms with van der Waals surface area (Å²) in [5.74, 6) is 1.65. The van der Waals surface area contributed by atoms with Crippen molar-refractivity contribution in [3.8, 4) is 0 Å². The predicted octanol–water partition coefficient (Wildman–Crippen LogP) is 1.94. The highest BCUT2D eigenvalue weighted by Gasteiger charge is 2.34. The van der Waals surface area contributed by atoms with Crippen LogP contribution in [0.2, 0.25) is 0 Å². The maximum atomic E-state index is 5.79. The zero-order valence-corrected chi connectivity index (χ0v) is 11.2. The van der Waals surface area contributed by atoms with E-state index in [1.165, 1.54) is 11.1 Å². The zero-order valence-electron chi connectivity index (χ0n) is 11.2. The third kappa shape index (κ3) is 1.85. The highest BCUT2D eigenvalue weighted by atomic mass is 16.5.